The molecule has 0 saturated heterocycles. The molecule has 0 aliphatic rings. The van der Waals surface area contributed by atoms with Gasteiger partial charge in [0.1, 0.15) is 0 Å². The van der Waals surface area contributed by atoms with E-state index in [4.69, 9.17) is 5.73 Å². The molecule has 0 saturated carbocycles. The van der Waals surface area contributed by atoms with Gasteiger partial charge in [0.15, 0.2) is 0 Å². The third-order valence-corrected chi connectivity index (χ3v) is 3.32. The number of amides is 2. The SMILES string of the molecule is Cc1ccc(SCC(=O)NCC(N)=O)c(C)c1. The molecule has 17 heavy (non-hydrogen) atoms. The number of nitrogens with one attached hydrogen (secondary N) is 1. The fourth-order valence-corrected chi connectivity index (χ4v) is 2.18. The van der Waals surface area contributed by atoms with E-state index >= 15 is 0 Å². The van der Waals surface area contributed by atoms with E-state index in [1.54, 1.807) is 0 Å². The summed E-state index contributed by atoms with van der Waals surface area (Å²) in [6.45, 7) is 3.93. The number of aryl methyl sites for hydroxylation is 2. The standard InChI is InChI=1S/C12H16N2O2S/c1-8-3-4-10(9(2)5-8)17-7-12(16)14-6-11(13)15/h3-5H,6-7H2,1-2H3,(H2,13,15)(H,14,16). The van der Waals surface area contributed by atoms with Crippen molar-refractivity contribution in [2.75, 3.05) is 12.3 Å². The number of carbonyl (C=O) groups is 2. The van der Waals surface area contributed by atoms with Crippen LogP contribution in [-0.4, -0.2) is 24.1 Å². The van der Waals surface area contributed by atoms with Crippen LogP contribution in [0.3, 0.4) is 0 Å². The van der Waals surface area contributed by atoms with E-state index in [9.17, 15) is 9.59 Å². The number of benzene rings is 1. The van der Waals surface area contributed by atoms with Crippen LogP contribution in [0.5, 0.6) is 0 Å². The molecule has 0 aromatic heterocycles. The van der Waals surface area contributed by atoms with Gasteiger partial charge in [0.25, 0.3) is 0 Å². The van der Waals surface area contributed by atoms with Crippen LogP contribution in [0.15, 0.2) is 23.1 Å². The molecule has 0 aliphatic carbocycles. The molecule has 1 aromatic rings. The molecule has 2 amide bonds. The van der Waals surface area contributed by atoms with Gasteiger partial charge in [0, 0.05) is 4.90 Å². The van der Waals surface area contributed by atoms with E-state index in [0.717, 1.165) is 10.5 Å². The van der Waals surface area contributed by atoms with Crippen molar-refractivity contribution >= 4 is 23.6 Å². The fraction of sp³-hybridized carbons (Fsp3) is 0.333. The van der Waals surface area contributed by atoms with Crippen molar-refractivity contribution in [1.82, 2.24) is 5.32 Å². The molecule has 0 fully saturated rings. The highest BCUT2D eigenvalue weighted by Crippen LogP contribution is 2.22. The monoisotopic (exact) mass is 252 g/mol. The Morgan fingerprint density at radius 1 is 1.35 bits per heavy atom. The molecular formula is C12H16N2O2S. The van der Waals surface area contributed by atoms with Crippen molar-refractivity contribution in [3.63, 3.8) is 0 Å². The summed E-state index contributed by atoms with van der Waals surface area (Å²) >= 11 is 1.45. The maximum Gasteiger partial charge on any atom is 0.236 e. The lowest BCUT2D eigenvalue weighted by atomic mass is 10.2. The number of nitrogens with two attached hydrogens (primary N) is 1. The normalized spacial score (nSPS) is 10.0. The Morgan fingerprint density at radius 3 is 2.65 bits per heavy atom. The molecule has 0 atom stereocenters. The first-order valence-corrected chi connectivity index (χ1v) is 6.22. The molecule has 0 radical (unpaired) electrons. The molecule has 4 nitrogen and oxygen atoms in total. The maximum absolute atomic E-state index is 11.4. The van der Waals surface area contributed by atoms with Gasteiger partial charge >= 0.3 is 0 Å². The Hall–Kier alpha value is -1.49. The molecule has 0 unspecified atom stereocenters. The topological polar surface area (TPSA) is 72.2 Å². The summed E-state index contributed by atoms with van der Waals surface area (Å²) < 4.78 is 0. The van der Waals surface area contributed by atoms with E-state index < -0.39 is 5.91 Å². The molecule has 1 rings (SSSR count). The highest BCUT2D eigenvalue weighted by atomic mass is 32.2. The van der Waals surface area contributed by atoms with Gasteiger partial charge in [0.2, 0.25) is 11.8 Å². The summed E-state index contributed by atoms with van der Waals surface area (Å²) in [5, 5.41) is 2.45. The first-order valence-electron chi connectivity index (χ1n) is 5.24. The summed E-state index contributed by atoms with van der Waals surface area (Å²) in [4.78, 5) is 22.9. The number of thioether (sulfide) groups is 1. The average Bonchev–Trinajstić information content (AvgIpc) is 2.25. The maximum atomic E-state index is 11.4. The molecule has 0 heterocycles. The van der Waals surface area contributed by atoms with Gasteiger partial charge in [-0.05, 0) is 25.5 Å². The number of hydrogen-bond donors (Lipinski definition) is 2. The van der Waals surface area contributed by atoms with Crippen molar-refractivity contribution in [1.29, 1.82) is 0 Å². The van der Waals surface area contributed by atoms with Crippen LogP contribution < -0.4 is 11.1 Å². The van der Waals surface area contributed by atoms with Crippen LogP contribution in [0.4, 0.5) is 0 Å². The molecule has 0 aliphatic heterocycles. The van der Waals surface area contributed by atoms with Crippen molar-refractivity contribution in [3.8, 4) is 0 Å². The molecule has 0 bridgehead atoms. The minimum Gasteiger partial charge on any atom is -0.368 e. The van der Waals surface area contributed by atoms with E-state index in [1.807, 2.05) is 26.0 Å². The lowest BCUT2D eigenvalue weighted by molar-refractivity contribution is -0.123. The first kappa shape index (κ1) is 13.6. The second-order valence-corrected chi connectivity index (χ2v) is 4.82. The Bertz CT molecular complexity index is 433. The summed E-state index contributed by atoms with van der Waals surface area (Å²) in [7, 11) is 0. The molecule has 0 spiro atoms. The van der Waals surface area contributed by atoms with Gasteiger partial charge in [-0.1, -0.05) is 17.7 Å². The van der Waals surface area contributed by atoms with Crippen LogP contribution in [0.25, 0.3) is 0 Å². The third-order valence-electron chi connectivity index (χ3n) is 2.15. The smallest absolute Gasteiger partial charge is 0.236 e. The fourth-order valence-electron chi connectivity index (χ4n) is 1.34. The highest BCUT2D eigenvalue weighted by Gasteiger charge is 2.05. The Kier molecular flexibility index (Phi) is 5.03. The second-order valence-electron chi connectivity index (χ2n) is 3.80. The Morgan fingerprint density at radius 2 is 2.06 bits per heavy atom. The van der Waals surface area contributed by atoms with Gasteiger partial charge < -0.3 is 11.1 Å². The van der Waals surface area contributed by atoms with Crippen LogP contribution in [0.2, 0.25) is 0 Å². The van der Waals surface area contributed by atoms with Gasteiger partial charge in [-0.25, -0.2) is 0 Å². The van der Waals surface area contributed by atoms with Crippen molar-refractivity contribution in [2.45, 2.75) is 18.7 Å². The number of rotatable bonds is 5. The predicted molar refractivity (Wildman–Crippen MR) is 68.8 cm³/mol. The number of carbonyl (C=O) groups excluding carboxylic acids is 2. The third kappa shape index (κ3) is 4.91. The summed E-state index contributed by atoms with van der Waals surface area (Å²) in [6, 6.07) is 6.08. The molecule has 1 aromatic carbocycles. The van der Waals surface area contributed by atoms with Gasteiger partial charge in [-0.15, -0.1) is 11.8 Å². The summed E-state index contributed by atoms with van der Waals surface area (Å²) in [5.74, 6) is -0.430. The average molecular weight is 252 g/mol. The van der Waals surface area contributed by atoms with Gasteiger partial charge in [-0.3, -0.25) is 9.59 Å². The second kappa shape index (κ2) is 6.30. The zero-order valence-corrected chi connectivity index (χ0v) is 10.8. The van der Waals surface area contributed by atoms with Gasteiger partial charge in [0.05, 0.1) is 12.3 Å². The van der Waals surface area contributed by atoms with E-state index in [1.165, 1.54) is 17.3 Å². The zero-order valence-electron chi connectivity index (χ0n) is 9.95. The summed E-state index contributed by atoms with van der Waals surface area (Å²) in [6.07, 6.45) is 0. The predicted octanol–water partition coefficient (Wildman–Crippen LogP) is 0.997. The largest absolute Gasteiger partial charge is 0.368 e. The van der Waals surface area contributed by atoms with E-state index in [0.29, 0.717) is 0 Å². The van der Waals surface area contributed by atoms with Gasteiger partial charge in [-0.2, -0.15) is 0 Å². The highest BCUT2D eigenvalue weighted by molar-refractivity contribution is 8.00. The van der Waals surface area contributed by atoms with E-state index in [-0.39, 0.29) is 18.2 Å². The van der Waals surface area contributed by atoms with Crippen LogP contribution in [0.1, 0.15) is 11.1 Å². The number of hydrogen-bond acceptors (Lipinski definition) is 3. The molecule has 92 valence electrons. The number of primary amides is 1. The zero-order chi connectivity index (χ0) is 12.8. The molecular weight excluding hydrogens is 236 g/mol. The minimum atomic E-state index is -0.533. The van der Waals surface area contributed by atoms with Crippen LogP contribution in [0, 0.1) is 13.8 Å². The Labute approximate surface area is 105 Å². The summed E-state index contributed by atoms with van der Waals surface area (Å²) in [5.41, 5.74) is 7.28. The lowest BCUT2D eigenvalue weighted by Gasteiger charge is -2.06. The molecule has 5 heteroatoms. The van der Waals surface area contributed by atoms with Crippen molar-refractivity contribution in [3.05, 3.63) is 29.3 Å². The van der Waals surface area contributed by atoms with Crippen LogP contribution in [-0.2, 0) is 9.59 Å². The lowest BCUT2D eigenvalue weighted by Crippen LogP contribution is -2.34. The van der Waals surface area contributed by atoms with Crippen molar-refractivity contribution in [2.24, 2.45) is 5.73 Å². The van der Waals surface area contributed by atoms with Crippen molar-refractivity contribution < 1.29 is 9.59 Å². The quantitative estimate of drug-likeness (QED) is 0.768. The molecule has 3 N–H and O–H groups in total. The van der Waals surface area contributed by atoms with E-state index in [2.05, 4.69) is 11.4 Å². The first-order chi connectivity index (χ1) is 7.99. The van der Waals surface area contributed by atoms with Crippen LogP contribution >= 0.6 is 11.8 Å². The minimum absolute atomic E-state index is 0.105. The Balaban J connectivity index is 2.44.